The standard InChI is InChI=1S/C36H69NO11S/c1-3-5-7-9-11-13-14-15-16-18-19-21-23-25-30(39)29(37-32(40)26-24-22-20-17-12-10-8-6-4-2)28-46-36-34(42)35(48-49(43,44)45)33(41)31(27-38)47-36/h23,25,29-31,33-36,38-39,41-42H,3-22,24,26-28H2,1-2H3,(H,37,40)(H,43,44,45). The van der Waals surface area contributed by atoms with E-state index in [9.17, 15) is 33.6 Å². The summed E-state index contributed by atoms with van der Waals surface area (Å²) in [6.45, 7) is 3.32. The van der Waals surface area contributed by atoms with Gasteiger partial charge in [-0.25, -0.2) is 4.18 Å². The molecule has 0 radical (unpaired) electrons. The molecule has 290 valence electrons. The molecule has 12 nitrogen and oxygen atoms in total. The number of ether oxygens (including phenoxy) is 2. The van der Waals surface area contributed by atoms with Crippen molar-refractivity contribution in [1.29, 1.82) is 0 Å². The molecule has 0 aromatic rings. The van der Waals surface area contributed by atoms with E-state index in [4.69, 9.17) is 14.0 Å². The van der Waals surface area contributed by atoms with Crippen molar-refractivity contribution < 1.29 is 51.8 Å². The lowest BCUT2D eigenvalue weighted by Crippen LogP contribution is -2.61. The summed E-state index contributed by atoms with van der Waals surface area (Å²) in [4.78, 5) is 12.9. The van der Waals surface area contributed by atoms with Gasteiger partial charge in [0.15, 0.2) is 6.29 Å². The van der Waals surface area contributed by atoms with Gasteiger partial charge in [0.2, 0.25) is 5.91 Å². The predicted molar refractivity (Wildman–Crippen MR) is 190 cm³/mol. The molecule has 13 heteroatoms. The molecule has 1 amide bonds. The van der Waals surface area contributed by atoms with Crippen LogP contribution in [0.5, 0.6) is 0 Å². The number of hydrogen-bond donors (Lipinski definition) is 6. The highest BCUT2D eigenvalue weighted by atomic mass is 32.3. The van der Waals surface area contributed by atoms with Crippen molar-refractivity contribution >= 4 is 16.3 Å². The Bertz CT molecular complexity index is 951. The van der Waals surface area contributed by atoms with E-state index in [0.29, 0.717) is 6.42 Å². The molecule has 0 bridgehead atoms. The minimum absolute atomic E-state index is 0.268. The van der Waals surface area contributed by atoms with Crippen LogP contribution in [-0.2, 0) is 28.9 Å². The predicted octanol–water partition coefficient (Wildman–Crippen LogP) is 5.65. The third-order valence-corrected chi connectivity index (χ3v) is 9.53. The Morgan fingerprint density at radius 2 is 1.29 bits per heavy atom. The number of hydrogen-bond acceptors (Lipinski definition) is 10. The highest BCUT2D eigenvalue weighted by molar-refractivity contribution is 7.80. The van der Waals surface area contributed by atoms with Crippen LogP contribution in [0, 0.1) is 0 Å². The van der Waals surface area contributed by atoms with E-state index in [-0.39, 0.29) is 18.9 Å². The molecule has 0 aromatic heterocycles. The summed E-state index contributed by atoms with van der Waals surface area (Å²) in [6, 6.07) is -0.934. The first kappa shape index (κ1) is 45.9. The summed E-state index contributed by atoms with van der Waals surface area (Å²) >= 11 is 0. The summed E-state index contributed by atoms with van der Waals surface area (Å²) in [7, 11) is -5.07. The van der Waals surface area contributed by atoms with Gasteiger partial charge < -0.3 is 35.2 Å². The van der Waals surface area contributed by atoms with Crippen molar-refractivity contribution in [3.8, 4) is 0 Å². The minimum Gasteiger partial charge on any atom is -0.394 e. The number of carbonyl (C=O) groups is 1. The Morgan fingerprint density at radius 3 is 1.78 bits per heavy atom. The van der Waals surface area contributed by atoms with Crippen LogP contribution in [0.3, 0.4) is 0 Å². The van der Waals surface area contributed by atoms with E-state index in [1.54, 1.807) is 6.08 Å². The van der Waals surface area contributed by atoms with Gasteiger partial charge in [0.25, 0.3) is 0 Å². The van der Waals surface area contributed by atoms with Crippen LogP contribution in [0.15, 0.2) is 12.2 Å². The first-order valence-corrected chi connectivity index (χ1v) is 20.4. The van der Waals surface area contributed by atoms with Crippen LogP contribution in [0.2, 0.25) is 0 Å². The quantitative estimate of drug-likeness (QED) is 0.0294. The minimum atomic E-state index is -5.07. The van der Waals surface area contributed by atoms with E-state index < -0.39 is 59.9 Å². The Balaban J connectivity index is 2.66. The molecule has 1 heterocycles. The Labute approximate surface area is 296 Å². The highest BCUT2D eigenvalue weighted by Gasteiger charge is 2.48. The molecule has 49 heavy (non-hydrogen) atoms. The zero-order chi connectivity index (χ0) is 36.3. The van der Waals surface area contributed by atoms with Gasteiger partial charge in [-0.1, -0.05) is 142 Å². The number of aliphatic hydroxyl groups is 4. The van der Waals surface area contributed by atoms with Crippen molar-refractivity contribution in [2.75, 3.05) is 13.2 Å². The van der Waals surface area contributed by atoms with Crippen molar-refractivity contribution in [2.45, 2.75) is 198 Å². The van der Waals surface area contributed by atoms with E-state index >= 15 is 0 Å². The number of unbranched alkanes of at least 4 members (excludes halogenated alkanes) is 19. The molecule has 7 atom stereocenters. The molecule has 0 aromatic carbocycles. The lowest BCUT2D eigenvalue weighted by Gasteiger charge is -2.41. The maximum Gasteiger partial charge on any atom is 0.397 e. The molecule has 6 N–H and O–H groups in total. The first-order chi connectivity index (χ1) is 23.5. The first-order valence-electron chi connectivity index (χ1n) is 19.1. The van der Waals surface area contributed by atoms with Crippen LogP contribution in [0.25, 0.3) is 0 Å². The largest absolute Gasteiger partial charge is 0.397 e. The molecule has 0 aliphatic carbocycles. The summed E-state index contributed by atoms with van der Waals surface area (Å²) in [6.07, 6.45) is 18.4. The monoisotopic (exact) mass is 723 g/mol. The van der Waals surface area contributed by atoms with Gasteiger partial charge in [-0.3, -0.25) is 9.35 Å². The van der Waals surface area contributed by atoms with Crippen molar-refractivity contribution in [1.82, 2.24) is 5.32 Å². The highest BCUT2D eigenvalue weighted by Crippen LogP contribution is 2.26. The van der Waals surface area contributed by atoms with Gasteiger partial charge in [0, 0.05) is 6.42 Å². The molecule has 1 saturated heterocycles. The third kappa shape index (κ3) is 22.4. The van der Waals surface area contributed by atoms with Crippen LogP contribution < -0.4 is 5.32 Å². The Kier molecular flexibility index (Phi) is 26.6. The van der Waals surface area contributed by atoms with Crippen LogP contribution in [-0.4, -0.2) is 95.4 Å². The summed E-state index contributed by atoms with van der Waals surface area (Å²) < 4.78 is 47.3. The van der Waals surface area contributed by atoms with E-state index in [2.05, 4.69) is 23.3 Å². The average Bonchev–Trinajstić information content (AvgIpc) is 3.06. The second kappa shape index (κ2) is 28.4. The van der Waals surface area contributed by atoms with E-state index in [1.807, 2.05) is 6.08 Å². The van der Waals surface area contributed by atoms with Crippen molar-refractivity contribution in [3.63, 3.8) is 0 Å². The maximum atomic E-state index is 12.9. The van der Waals surface area contributed by atoms with Gasteiger partial charge in [-0.05, 0) is 19.3 Å². The van der Waals surface area contributed by atoms with Gasteiger partial charge in [-0.15, -0.1) is 0 Å². The molecule has 1 aliphatic heterocycles. The number of aliphatic hydroxyl groups excluding tert-OH is 4. The normalized spacial score (nSPS) is 22.8. The molecular weight excluding hydrogens is 654 g/mol. The maximum absolute atomic E-state index is 12.9. The molecule has 0 saturated carbocycles. The lowest BCUT2D eigenvalue weighted by atomic mass is 9.99. The van der Waals surface area contributed by atoms with Crippen LogP contribution in [0.1, 0.15) is 155 Å². The summed E-state index contributed by atoms with van der Waals surface area (Å²) in [5.74, 6) is -0.268. The smallest absolute Gasteiger partial charge is 0.394 e. The number of rotatable bonds is 31. The van der Waals surface area contributed by atoms with Gasteiger partial charge in [-0.2, -0.15) is 8.42 Å². The van der Waals surface area contributed by atoms with E-state index in [1.165, 1.54) is 89.9 Å². The van der Waals surface area contributed by atoms with Gasteiger partial charge in [0.05, 0.1) is 25.4 Å². The van der Waals surface area contributed by atoms with Gasteiger partial charge >= 0.3 is 10.4 Å². The fraction of sp³-hybridized carbons (Fsp3) is 0.917. The summed E-state index contributed by atoms with van der Waals surface area (Å²) in [5, 5.41) is 44.3. The zero-order valence-corrected chi connectivity index (χ0v) is 31.1. The molecule has 1 fully saturated rings. The van der Waals surface area contributed by atoms with Crippen molar-refractivity contribution in [3.05, 3.63) is 12.2 Å². The fourth-order valence-electron chi connectivity index (χ4n) is 6.04. The number of nitrogens with one attached hydrogen (secondary N) is 1. The second-order valence-corrected chi connectivity index (χ2v) is 14.6. The number of amides is 1. The molecule has 1 aliphatic rings. The third-order valence-electron chi connectivity index (χ3n) is 9.07. The van der Waals surface area contributed by atoms with Crippen molar-refractivity contribution in [2.24, 2.45) is 0 Å². The molecule has 1 rings (SSSR count). The topological polar surface area (TPSA) is 192 Å². The molecular formula is C36H69NO11S. The zero-order valence-electron chi connectivity index (χ0n) is 30.3. The Morgan fingerprint density at radius 1 is 0.796 bits per heavy atom. The molecule has 0 spiro atoms. The SMILES string of the molecule is CCCCCCCCCCCCCC=CC(O)C(COC1OC(CO)C(O)C(OS(=O)(=O)O)C1O)NC(=O)CCCCCCCCCCC. The Hall–Kier alpha value is -1.16. The van der Waals surface area contributed by atoms with E-state index in [0.717, 1.165) is 38.5 Å². The lowest BCUT2D eigenvalue weighted by molar-refractivity contribution is -0.298. The summed E-state index contributed by atoms with van der Waals surface area (Å²) in [5.41, 5.74) is 0. The molecule has 7 unspecified atom stereocenters. The van der Waals surface area contributed by atoms with Crippen LogP contribution in [0.4, 0.5) is 0 Å². The van der Waals surface area contributed by atoms with Crippen LogP contribution >= 0.6 is 0 Å². The second-order valence-electron chi connectivity index (χ2n) is 13.5. The number of allylic oxidation sites excluding steroid dienone is 1. The number of carbonyl (C=O) groups excluding carboxylic acids is 1. The van der Waals surface area contributed by atoms with Gasteiger partial charge in [0.1, 0.15) is 24.4 Å². The average molecular weight is 724 g/mol. The fourth-order valence-corrected chi connectivity index (χ4v) is 6.55.